The predicted molar refractivity (Wildman–Crippen MR) is 95.0 cm³/mol. The Bertz CT molecular complexity index is 933. The zero-order valence-corrected chi connectivity index (χ0v) is 14.9. The highest BCUT2D eigenvalue weighted by molar-refractivity contribution is 5.90. The van der Waals surface area contributed by atoms with Crippen LogP contribution in [0.2, 0.25) is 0 Å². The number of aromatic nitrogens is 4. The quantitative estimate of drug-likeness (QED) is 0.849. The van der Waals surface area contributed by atoms with Gasteiger partial charge in [0.1, 0.15) is 0 Å². The van der Waals surface area contributed by atoms with Gasteiger partial charge in [-0.15, -0.1) is 0 Å². The van der Waals surface area contributed by atoms with Gasteiger partial charge >= 0.3 is 5.69 Å². The van der Waals surface area contributed by atoms with E-state index in [2.05, 4.69) is 17.0 Å². The van der Waals surface area contributed by atoms with E-state index in [1.807, 2.05) is 30.3 Å². The normalized spacial score (nSPS) is 17.3. The first-order valence-corrected chi connectivity index (χ1v) is 8.46. The number of hydrazone groups is 1. The van der Waals surface area contributed by atoms with Crippen LogP contribution in [0.3, 0.4) is 0 Å². The van der Waals surface area contributed by atoms with Crippen LogP contribution in [0, 0.1) is 0 Å². The lowest BCUT2D eigenvalue weighted by Crippen LogP contribution is -2.40. The average molecular weight is 332 g/mol. The smallest absolute Gasteiger partial charge is 0.294 e. The van der Waals surface area contributed by atoms with E-state index in [0.29, 0.717) is 30.2 Å². The molecule has 0 aromatic carbocycles. The maximum atomic E-state index is 13.0. The van der Waals surface area contributed by atoms with Crippen LogP contribution in [0.1, 0.15) is 46.6 Å². The fraction of sp³-hybridized carbons (Fsp3) is 0.625. The summed E-state index contributed by atoms with van der Waals surface area (Å²) in [6.07, 6.45) is 1.63. The number of nitrogens with zero attached hydrogens (tertiary/aromatic N) is 6. The third-order valence-corrected chi connectivity index (χ3v) is 4.54. The Morgan fingerprint density at radius 3 is 2.42 bits per heavy atom. The molecule has 130 valence electrons. The van der Waals surface area contributed by atoms with Crippen molar-refractivity contribution >= 4 is 22.8 Å². The number of anilines is 1. The summed E-state index contributed by atoms with van der Waals surface area (Å²) in [7, 11) is 1.66. The predicted octanol–water partition coefficient (Wildman–Crippen LogP) is 1.47. The zero-order valence-electron chi connectivity index (χ0n) is 14.9. The molecular formula is C16H24N6O2. The molecule has 0 aliphatic carbocycles. The van der Waals surface area contributed by atoms with Crippen molar-refractivity contribution in [3.63, 3.8) is 0 Å². The van der Waals surface area contributed by atoms with Gasteiger partial charge in [-0.1, -0.05) is 13.8 Å². The van der Waals surface area contributed by atoms with Crippen LogP contribution in [0.25, 0.3) is 11.2 Å². The Balaban J connectivity index is 2.41. The van der Waals surface area contributed by atoms with Crippen LogP contribution in [0.5, 0.6) is 0 Å². The van der Waals surface area contributed by atoms with E-state index in [4.69, 9.17) is 0 Å². The lowest BCUT2D eigenvalue weighted by molar-refractivity contribution is 0.586. The summed E-state index contributed by atoms with van der Waals surface area (Å²) in [6, 6.07) is -0.0709. The zero-order chi connectivity index (χ0) is 17.6. The molecule has 1 aliphatic rings. The van der Waals surface area contributed by atoms with Gasteiger partial charge in [-0.25, -0.2) is 9.80 Å². The molecule has 0 saturated carbocycles. The maximum absolute atomic E-state index is 13.0. The van der Waals surface area contributed by atoms with Crippen molar-refractivity contribution in [1.82, 2.24) is 18.7 Å². The summed E-state index contributed by atoms with van der Waals surface area (Å²) in [4.78, 5) is 30.1. The third kappa shape index (κ3) is 2.20. The molecule has 2 aromatic rings. The number of fused-ring (bicyclic) bond motifs is 3. The van der Waals surface area contributed by atoms with E-state index in [0.717, 1.165) is 18.6 Å². The van der Waals surface area contributed by atoms with Crippen LogP contribution in [0.15, 0.2) is 14.7 Å². The molecule has 24 heavy (non-hydrogen) atoms. The van der Waals surface area contributed by atoms with E-state index in [1.54, 1.807) is 7.05 Å². The number of aryl methyl sites for hydroxylation is 1. The molecule has 1 atom stereocenters. The van der Waals surface area contributed by atoms with Gasteiger partial charge in [0, 0.05) is 20.1 Å². The highest BCUT2D eigenvalue weighted by Gasteiger charge is 2.30. The van der Waals surface area contributed by atoms with E-state index in [1.165, 1.54) is 9.13 Å². The Labute approximate surface area is 140 Å². The van der Waals surface area contributed by atoms with Gasteiger partial charge in [0.25, 0.3) is 5.56 Å². The minimum atomic E-state index is -0.322. The topological polar surface area (TPSA) is 77.4 Å². The van der Waals surface area contributed by atoms with E-state index >= 15 is 0 Å². The summed E-state index contributed by atoms with van der Waals surface area (Å²) >= 11 is 0. The van der Waals surface area contributed by atoms with Crippen LogP contribution < -0.4 is 16.3 Å². The largest absolute Gasteiger partial charge is 0.332 e. The van der Waals surface area contributed by atoms with Crippen molar-refractivity contribution in [3.8, 4) is 0 Å². The minimum Gasteiger partial charge on any atom is -0.294 e. The summed E-state index contributed by atoms with van der Waals surface area (Å²) in [6.45, 7) is 9.09. The molecule has 0 saturated heterocycles. The highest BCUT2D eigenvalue weighted by Crippen LogP contribution is 2.29. The first kappa shape index (κ1) is 16.5. The Morgan fingerprint density at radius 2 is 1.79 bits per heavy atom. The van der Waals surface area contributed by atoms with Crippen LogP contribution in [-0.4, -0.2) is 30.9 Å². The standard InChI is InChI=1S/C16H24N6O2/c1-6-8-20-14(23)12-13(19(5)16(20)24)17-15-21(9-7-2)18-10(3)11(4)22(12)15/h11H,6-9H2,1-5H3. The first-order chi connectivity index (χ1) is 11.4. The Kier molecular flexibility index (Phi) is 4.06. The summed E-state index contributed by atoms with van der Waals surface area (Å²) in [5, 5.41) is 6.42. The molecule has 8 nitrogen and oxygen atoms in total. The summed E-state index contributed by atoms with van der Waals surface area (Å²) < 4.78 is 4.68. The Hall–Kier alpha value is -2.38. The molecule has 0 N–H and O–H groups in total. The van der Waals surface area contributed by atoms with Crippen molar-refractivity contribution in [1.29, 1.82) is 0 Å². The second-order valence-corrected chi connectivity index (χ2v) is 6.29. The number of hydrogen-bond donors (Lipinski definition) is 0. The first-order valence-electron chi connectivity index (χ1n) is 8.46. The molecule has 0 radical (unpaired) electrons. The monoisotopic (exact) mass is 332 g/mol. The maximum Gasteiger partial charge on any atom is 0.332 e. The molecule has 0 spiro atoms. The minimum absolute atomic E-state index is 0.0709. The van der Waals surface area contributed by atoms with Crippen LogP contribution in [0.4, 0.5) is 5.95 Å². The van der Waals surface area contributed by atoms with Gasteiger partial charge in [0.15, 0.2) is 11.2 Å². The molecule has 3 heterocycles. The molecule has 2 aromatic heterocycles. The van der Waals surface area contributed by atoms with Gasteiger partial charge in [0.05, 0.1) is 11.8 Å². The molecule has 0 fully saturated rings. The Morgan fingerprint density at radius 1 is 1.12 bits per heavy atom. The van der Waals surface area contributed by atoms with E-state index < -0.39 is 0 Å². The molecule has 1 unspecified atom stereocenters. The number of rotatable bonds is 4. The van der Waals surface area contributed by atoms with Gasteiger partial charge in [-0.3, -0.25) is 18.5 Å². The van der Waals surface area contributed by atoms with Gasteiger partial charge in [0.2, 0.25) is 5.95 Å². The third-order valence-electron chi connectivity index (χ3n) is 4.54. The van der Waals surface area contributed by atoms with Gasteiger partial charge < -0.3 is 0 Å². The molecule has 8 heteroatoms. The SMILES string of the molecule is CCCN1N=C(C)C(C)n2c1nc1c2c(=O)n(CCC)c(=O)n1C. The fourth-order valence-corrected chi connectivity index (χ4v) is 3.17. The van der Waals surface area contributed by atoms with Gasteiger partial charge in [-0.2, -0.15) is 10.1 Å². The van der Waals surface area contributed by atoms with Crippen molar-refractivity contribution < 1.29 is 0 Å². The second kappa shape index (κ2) is 5.92. The average Bonchev–Trinajstić information content (AvgIpc) is 2.96. The number of imidazole rings is 1. The van der Waals surface area contributed by atoms with Crippen LogP contribution >= 0.6 is 0 Å². The fourth-order valence-electron chi connectivity index (χ4n) is 3.17. The summed E-state index contributed by atoms with van der Waals surface area (Å²) in [5.74, 6) is 0.631. The lowest BCUT2D eigenvalue weighted by atomic mass is 10.2. The van der Waals surface area contributed by atoms with E-state index in [9.17, 15) is 9.59 Å². The van der Waals surface area contributed by atoms with Gasteiger partial charge in [-0.05, 0) is 26.7 Å². The molecule has 0 amide bonds. The van der Waals surface area contributed by atoms with Crippen molar-refractivity contribution in [2.24, 2.45) is 12.1 Å². The molecular weight excluding hydrogens is 308 g/mol. The van der Waals surface area contributed by atoms with Crippen molar-refractivity contribution in [2.45, 2.75) is 53.1 Å². The van der Waals surface area contributed by atoms with Crippen molar-refractivity contribution in [3.05, 3.63) is 20.8 Å². The lowest BCUT2D eigenvalue weighted by Gasteiger charge is -2.28. The van der Waals surface area contributed by atoms with Crippen LogP contribution in [-0.2, 0) is 13.6 Å². The molecule has 1 aliphatic heterocycles. The van der Waals surface area contributed by atoms with E-state index in [-0.39, 0.29) is 17.3 Å². The molecule has 3 rings (SSSR count). The second-order valence-electron chi connectivity index (χ2n) is 6.29. The molecule has 0 bridgehead atoms. The number of hydrogen-bond acceptors (Lipinski definition) is 5. The van der Waals surface area contributed by atoms with Crippen molar-refractivity contribution in [2.75, 3.05) is 11.6 Å². The highest BCUT2D eigenvalue weighted by atomic mass is 16.2. The summed E-state index contributed by atoms with van der Waals surface area (Å²) in [5.41, 5.74) is 1.22.